The molecule has 0 aliphatic carbocycles. The van der Waals surface area contributed by atoms with E-state index in [1.807, 2.05) is 0 Å². The smallest absolute Gasteiger partial charge is 0.362 e. The number of alkyl halides is 3. The third kappa shape index (κ3) is 4.29. The second-order valence-electron chi connectivity index (χ2n) is 4.38. The first-order valence-electron chi connectivity index (χ1n) is 6.26. The predicted octanol–water partition coefficient (Wildman–Crippen LogP) is 2.09. The zero-order valence-electron chi connectivity index (χ0n) is 11.6. The van der Waals surface area contributed by atoms with Gasteiger partial charge in [-0.15, -0.1) is 0 Å². The van der Waals surface area contributed by atoms with Crippen LogP contribution in [0.2, 0.25) is 0 Å². The van der Waals surface area contributed by atoms with Gasteiger partial charge in [0.25, 0.3) is 0 Å². The molecule has 0 aliphatic rings. The molecule has 2 rings (SSSR count). The molecule has 0 unspecified atom stereocenters. The SMILES string of the molecule is Cc1nccn1-c1ncccc1NC(=O)COCC(F)(F)F. The van der Waals surface area contributed by atoms with E-state index in [2.05, 4.69) is 20.0 Å². The van der Waals surface area contributed by atoms with Crippen molar-refractivity contribution in [2.75, 3.05) is 18.5 Å². The number of halogens is 3. The van der Waals surface area contributed by atoms with Crippen LogP contribution in [0.1, 0.15) is 5.82 Å². The first-order valence-corrected chi connectivity index (χ1v) is 6.26. The van der Waals surface area contributed by atoms with Crippen LogP contribution in [0.15, 0.2) is 30.7 Å². The highest BCUT2D eigenvalue weighted by Crippen LogP contribution is 2.18. The molecule has 0 spiro atoms. The Hall–Kier alpha value is -2.42. The Morgan fingerprint density at radius 3 is 2.77 bits per heavy atom. The number of pyridine rings is 1. The molecule has 0 bridgehead atoms. The average Bonchev–Trinajstić information content (AvgIpc) is 2.84. The number of carbonyl (C=O) groups is 1. The third-order valence-corrected chi connectivity index (χ3v) is 2.61. The van der Waals surface area contributed by atoms with E-state index in [9.17, 15) is 18.0 Å². The Kier molecular flexibility index (Phi) is 4.76. The lowest BCUT2D eigenvalue weighted by molar-refractivity contribution is -0.174. The largest absolute Gasteiger partial charge is 0.411 e. The van der Waals surface area contributed by atoms with E-state index in [1.165, 1.54) is 6.20 Å². The molecule has 1 amide bonds. The van der Waals surface area contributed by atoms with Crippen molar-refractivity contribution in [3.63, 3.8) is 0 Å². The number of hydrogen-bond acceptors (Lipinski definition) is 4. The van der Waals surface area contributed by atoms with Crippen molar-refractivity contribution in [1.29, 1.82) is 0 Å². The van der Waals surface area contributed by atoms with Gasteiger partial charge in [-0.25, -0.2) is 9.97 Å². The molecule has 0 saturated heterocycles. The van der Waals surface area contributed by atoms with Crippen LogP contribution < -0.4 is 5.32 Å². The number of aryl methyl sites for hydroxylation is 1. The van der Waals surface area contributed by atoms with E-state index in [0.29, 0.717) is 17.3 Å². The van der Waals surface area contributed by atoms with Gasteiger partial charge in [-0.05, 0) is 19.1 Å². The Morgan fingerprint density at radius 2 is 2.14 bits per heavy atom. The maximum atomic E-state index is 12.0. The minimum absolute atomic E-state index is 0.351. The standard InChI is InChI=1S/C13H13F3N4O2/c1-9-17-5-6-20(9)12-10(3-2-4-18-12)19-11(21)7-22-8-13(14,15)16/h2-6H,7-8H2,1H3,(H,19,21). The third-order valence-electron chi connectivity index (χ3n) is 2.61. The van der Waals surface area contributed by atoms with Crippen molar-refractivity contribution in [2.45, 2.75) is 13.1 Å². The highest BCUT2D eigenvalue weighted by molar-refractivity contribution is 5.93. The van der Waals surface area contributed by atoms with E-state index in [4.69, 9.17) is 0 Å². The van der Waals surface area contributed by atoms with Gasteiger partial charge < -0.3 is 10.1 Å². The van der Waals surface area contributed by atoms with Crippen LogP contribution in [-0.2, 0) is 9.53 Å². The van der Waals surface area contributed by atoms with Crippen LogP contribution in [0, 0.1) is 6.92 Å². The van der Waals surface area contributed by atoms with Crippen LogP contribution in [0.3, 0.4) is 0 Å². The van der Waals surface area contributed by atoms with E-state index in [-0.39, 0.29) is 0 Å². The molecule has 0 radical (unpaired) electrons. The van der Waals surface area contributed by atoms with Gasteiger partial charge in [0.15, 0.2) is 5.82 Å². The fraction of sp³-hybridized carbons (Fsp3) is 0.308. The van der Waals surface area contributed by atoms with Gasteiger partial charge in [0.2, 0.25) is 5.91 Å². The molecule has 6 nitrogen and oxygen atoms in total. The van der Waals surface area contributed by atoms with Crippen molar-refractivity contribution < 1.29 is 22.7 Å². The second kappa shape index (κ2) is 6.56. The van der Waals surface area contributed by atoms with Crippen molar-refractivity contribution in [1.82, 2.24) is 14.5 Å². The zero-order valence-corrected chi connectivity index (χ0v) is 11.6. The Morgan fingerprint density at radius 1 is 1.36 bits per heavy atom. The van der Waals surface area contributed by atoms with Crippen molar-refractivity contribution in [3.05, 3.63) is 36.5 Å². The Bertz CT molecular complexity index is 655. The number of nitrogens with one attached hydrogen (secondary N) is 1. The highest BCUT2D eigenvalue weighted by Gasteiger charge is 2.27. The molecule has 0 saturated carbocycles. The number of carbonyl (C=O) groups excluding carboxylic acids is 1. The molecule has 1 N–H and O–H groups in total. The van der Waals surface area contributed by atoms with Crippen LogP contribution in [0.25, 0.3) is 5.82 Å². The van der Waals surface area contributed by atoms with Crippen LogP contribution in [0.5, 0.6) is 0 Å². The molecular weight excluding hydrogens is 301 g/mol. The summed E-state index contributed by atoms with van der Waals surface area (Å²) in [6.45, 7) is -0.412. The fourth-order valence-corrected chi connectivity index (χ4v) is 1.73. The number of rotatable bonds is 5. The molecule has 2 heterocycles. The van der Waals surface area contributed by atoms with Crippen molar-refractivity contribution in [3.8, 4) is 5.82 Å². The lowest BCUT2D eigenvalue weighted by Crippen LogP contribution is -2.24. The Balaban J connectivity index is 2.04. The van der Waals surface area contributed by atoms with E-state index < -0.39 is 25.3 Å². The molecule has 22 heavy (non-hydrogen) atoms. The lowest BCUT2D eigenvalue weighted by atomic mass is 10.3. The number of aromatic nitrogens is 3. The number of ether oxygens (including phenoxy) is 1. The molecule has 2 aromatic rings. The van der Waals surface area contributed by atoms with Gasteiger partial charge in [-0.1, -0.05) is 0 Å². The van der Waals surface area contributed by atoms with Gasteiger partial charge in [-0.3, -0.25) is 9.36 Å². The molecule has 0 fully saturated rings. The first kappa shape index (κ1) is 16.0. The van der Waals surface area contributed by atoms with E-state index in [0.717, 1.165) is 0 Å². The molecule has 0 aromatic carbocycles. The van der Waals surface area contributed by atoms with Crippen molar-refractivity contribution in [2.24, 2.45) is 0 Å². The molecule has 0 atom stereocenters. The molecule has 118 valence electrons. The van der Waals surface area contributed by atoms with Crippen LogP contribution in [-0.4, -0.2) is 39.8 Å². The topological polar surface area (TPSA) is 69.0 Å². The molecule has 2 aromatic heterocycles. The quantitative estimate of drug-likeness (QED) is 0.917. The summed E-state index contributed by atoms with van der Waals surface area (Å²) in [5, 5.41) is 2.47. The molecule has 9 heteroatoms. The summed E-state index contributed by atoms with van der Waals surface area (Å²) in [5.74, 6) is 0.375. The summed E-state index contributed by atoms with van der Waals surface area (Å²) in [4.78, 5) is 19.8. The maximum Gasteiger partial charge on any atom is 0.411 e. The van der Waals surface area contributed by atoms with Gasteiger partial charge in [-0.2, -0.15) is 13.2 Å². The summed E-state index contributed by atoms with van der Waals surface area (Å²) < 4.78 is 41.8. The fourth-order valence-electron chi connectivity index (χ4n) is 1.73. The number of hydrogen-bond donors (Lipinski definition) is 1. The normalized spacial score (nSPS) is 11.5. The zero-order chi connectivity index (χ0) is 16.2. The number of imidazole rings is 1. The predicted molar refractivity (Wildman–Crippen MR) is 71.6 cm³/mol. The van der Waals surface area contributed by atoms with E-state index >= 15 is 0 Å². The maximum absolute atomic E-state index is 12.0. The number of anilines is 1. The van der Waals surface area contributed by atoms with Crippen molar-refractivity contribution >= 4 is 11.6 Å². The van der Waals surface area contributed by atoms with Gasteiger partial charge in [0.1, 0.15) is 19.0 Å². The summed E-state index contributed by atoms with van der Waals surface area (Å²) in [5.41, 5.74) is 0.351. The summed E-state index contributed by atoms with van der Waals surface area (Å²) in [6.07, 6.45) is 0.299. The molecular formula is C13H13F3N4O2. The monoisotopic (exact) mass is 314 g/mol. The average molecular weight is 314 g/mol. The van der Waals surface area contributed by atoms with Crippen LogP contribution >= 0.6 is 0 Å². The second-order valence-corrected chi connectivity index (χ2v) is 4.38. The number of nitrogens with zero attached hydrogens (tertiary/aromatic N) is 3. The summed E-state index contributed by atoms with van der Waals surface area (Å²) in [6, 6.07) is 3.19. The van der Waals surface area contributed by atoms with Gasteiger partial charge >= 0.3 is 6.18 Å². The lowest BCUT2D eigenvalue weighted by Gasteiger charge is -2.12. The minimum Gasteiger partial charge on any atom is -0.362 e. The van der Waals surface area contributed by atoms with Gasteiger partial charge in [0.05, 0.1) is 5.69 Å². The summed E-state index contributed by atoms with van der Waals surface area (Å²) in [7, 11) is 0. The first-order chi connectivity index (χ1) is 10.4. The highest BCUT2D eigenvalue weighted by atomic mass is 19.4. The minimum atomic E-state index is -4.46. The summed E-state index contributed by atoms with van der Waals surface area (Å²) >= 11 is 0. The molecule has 0 aliphatic heterocycles. The van der Waals surface area contributed by atoms with Gasteiger partial charge in [0, 0.05) is 18.6 Å². The van der Waals surface area contributed by atoms with E-state index in [1.54, 1.807) is 36.0 Å². The Labute approximate surface area is 123 Å². The number of amides is 1. The van der Waals surface area contributed by atoms with Crippen LogP contribution in [0.4, 0.5) is 18.9 Å².